The van der Waals surface area contributed by atoms with Crippen LogP contribution in [0, 0.1) is 0 Å². The number of amides is 2. The first kappa shape index (κ1) is 20.7. The number of benzene rings is 2. The van der Waals surface area contributed by atoms with Gasteiger partial charge < -0.3 is 10.1 Å². The smallest absolute Gasteiger partial charge is 0.343 e. The Kier molecular flexibility index (Phi) is 6.74. The third-order valence-corrected chi connectivity index (χ3v) is 4.66. The maximum atomic E-state index is 12.5. The summed E-state index contributed by atoms with van der Waals surface area (Å²) in [5.41, 5.74) is 1.56. The van der Waals surface area contributed by atoms with Gasteiger partial charge in [0.1, 0.15) is 11.4 Å². The van der Waals surface area contributed by atoms with Crippen LogP contribution in [0.5, 0.6) is 0 Å². The fourth-order valence-electron chi connectivity index (χ4n) is 2.60. The Morgan fingerprint density at radius 1 is 1.07 bits per heavy atom. The number of nitrogens with one attached hydrogen (secondary N) is 2. The zero-order valence-electron chi connectivity index (χ0n) is 15.5. The van der Waals surface area contributed by atoms with E-state index < -0.39 is 12.0 Å². The number of hydrogen-bond acceptors (Lipinski definition) is 4. The highest BCUT2D eigenvalue weighted by molar-refractivity contribution is 6.42. The van der Waals surface area contributed by atoms with Crippen molar-refractivity contribution in [2.75, 3.05) is 17.2 Å². The number of hydrogen-bond donors (Lipinski definition) is 2. The van der Waals surface area contributed by atoms with E-state index >= 15 is 0 Å². The summed E-state index contributed by atoms with van der Waals surface area (Å²) >= 11 is 11.9. The van der Waals surface area contributed by atoms with E-state index in [1.807, 2.05) is 30.3 Å². The molecule has 29 heavy (non-hydrogen) atoms. The lowest BCUT2D eigenvalue weighted by Gasteiger charge is -2.12. The number of anilines is 2. The predicted molar refractivity (Wildman–Crippen MR) is 113 cm³/mol. The van der Waals surface area contributed by atoms with E-state index in [-0.39, 0.29) is 18.0 Å². The molecule has 0 aliphatic carbocycles. The first-order valence-electron chi connectivity index (χ1n) is 8.78. The molecule has 0 saturated heterocycles. The topological polar surface area (TPSA) is 85.2 Å². The molecular weight excluding hydrogens is 415 g/mol. The van der Waals surface area contributed by atoms with Gasteiger partial charge in [-0.25, -0.2) is 14.3 Å². The summed E-state index contributed by atoms with van der Waals surface area (Å²) in [6.45, 7) is 2.27. The Morgan fingerprint density at radius 2 is 1.83 bits per heavy atom. The molecule has 7 nitrogen and oxygen atoms in total. The second-order valence-corrected chi connectivity index (χ2v) is 6.79. The van der Waals surface area contributed by atoms with E-state index in [1.165, 1.54) is 16.9 Å². The molecule has 0 aliphatic rings. The SMILES string of the molecule is CCOC(=O)c1cnn(Cc2ccccc2)c1NC(=O)Nc1ccc(Cl)c(Cl)c1. The molecule has 0 bridgehead atoms. The number of ether oxygens (including phenoxy) is 1. The Bertz CT molecular complexity index is 1020. The molecule has 0 fully saturated rings. The van der Waals surface area contributed by atoms with E-state index in [2.05, 4.69) is 15.7 Å². The van der Waals surface area contributed by atoms with Gasteiger partial charge in [0.25, 0.3) is 0 Å². The number of nitrogens with zero attached hydrogens (tertiary/aromatic N) is 2. The van der Waals surface area contributed by atoms with Crippen LogP contribution >= 0.6 is 23.2 Å². The van der Waals surface area contributed by atoms with Gasteiger partial charge in [-0.2, -0.15) is 5.10 Å². The largest absolute Gasteiger partial charge is 0.462 e. The molecule has 0 saturated carbocycles. The van der Waals surface area contributed by atoms with E-state index in [0.717, 1.165) is 5.56 Å². The fourth-order valence-corrected chi connectivity index (χ4v) is 2.89. The van der Waals surface area contributed by atoms with E-state index in [9.17, 15) is 9.59 Å². The summed E-state index contributed by atoms with van der Waals surface area (Å²) in [6.07, 6.45) is 1.37. The van der Waals surface area contributed by atoms with Crippen molar-refractivity contribution in [3.63, 3.8) is 0 Å². The van der Waals surface area contributed by atoms with Crippen molar-refractivity contribution in [1.82, 2.24) is 9.78 Å². The van der Waals surface area contributed by atoms with Gasteiger partial charge in [-0.1, -0.05) is 53.5 Å². The van der Waals surface area contributed by atoms with Gasteiger partial charge >= 0.3 is 12.0 Å². The Hall–Kier alpha value is -3.03. The van der Waals surface area contributed by atoms with Crippen LogP contribution in [0.25, 0.3) is 0 Å². The maximum Gasteiger partial charge on any atom is 0.343 e. The van der Waals surface area contributed by atoms with Crippen LogP contribution in [0.4, 0.5) is 16.3 Å². The number of carbonyl (C=O) groups excluding carboxylic acids is 2. The second kappa shape index (κ2) is 9.45. The van der Waals surface area contributed by atoms with Crippen LogP contribution in [-0.4, -0.2) is 28.4 Å². The summed E-state index contributed by atoms with van der Waals surface area (Å²) in [5.74, 6) is -0.346. The van der Waals surface area contributed by atoms with Gasteiger partial charge in [-0.15, -0.1) is 0 Å². The van der Waals surface area contributed by atoms with Gasteiger partial charge in [-0.3, -0.25) is 5.32 Å². The molecule has 0 aliphatic heterocycles. The summed E-state index contributed by atoms with van der Waals surface area (Å²) in [6, 6.07) is 13.7. The van der Waals surface area contributed by atoms with E-state index in [1.54, 1.807) is 19.1 Å². The number of rotatable bonds is 6. The minimum atomic E-state index is -0.573. The number of halogens is 2. The van der Waals surface area contributed by atoms with Gasteiger partial charge in [-0.05, 0) is 30.7 Å². The number of aromatic nitrogens is 2. The van der Waals surface area contributed by atoms with Gasteiger partial charge in [0, 0.05) is 5.69 Å². The molecule has 9 heteroatoms. The van der Waals surface area contributed by atoms with Crippen molar-refractivity contribution >= 4 is 46.7 Å². The molecule has 2 aromatic carbocycles. The lowest BCUT2D eigenvalue weighted by Crippen LogP contribution is -2.23. The van der Waals surface area contributed by atoms with Crippen LogP contribution in [0.3, 0.4) is 0 Å². The molecule has 0 radical (unpaired) electrons. The Morgan fingerprint density at radius 3 is 2.52 bits per heavy atom. The molecule has 2 N–H and O–H groups in total. The number of esters is 1. The van der Waals surface area contributed by atoms with Crippen molar-refractivity contribution in [3.05, 3.63) is 75.9 Å². The zero-order valence-corrected chi connectivity index (χ0v) is 17.0. The predicted octanol–water partition coefficient (Wildman–Crippen LogP) is 5.06. The summed E-state index contributed by atoms with van der Waals surface area (Å²) in [7, 11) is 0. The molecule has 2 amide bonds. The Balaban J connectivity index is 1.84. The fraction of sp³-hybridized carbons (Fsp3) is 0.150. The maximum absolute atomic E-state index is 12.5. The Labute approximate surface area is 177 Å². The van der Waals surface area contributed by atoms with E-state index in [4.69, 9.17) is 27.9 Å². The highest BCUT2D eigenvalue weighted by atomic mass is 35.5. The van der Waals surface area contributed by atoms with Crippen molar-refractivity contribution in [3.8, 4) is 0 Å². The summed E-state index contributed by atoms with van der Waals surface area (Å²) in [5, 5.41) is 10.3. The average molecular weight is 433 g/mol. The highest BCUT2D eigenvalue weighted by Gasteiger charge is 2.21. The van der Waals surface area contributed by atoms with Crippen LogP contribution in [0.2, 0.25) is 10.0 Å². The molecule has 1 heterocycles. The molecule has 3 rings (SSSR count). The minimum Gasteiger partial charge on any atom is -0.462 e. The van der Waals surface area contributed by atoms with Crippen LogP contribution in [0.15, 0.2) is 54.7 Å². The number of carbonyl (C=O) groups is 2. The van der Waals surface area contributed by atoms with Gasteiger partial charge in [0.05, 0.1) is 29.4 Å². The summed E-state index contributed by atoms with van der Waals surface area (Å²) < 4.78 is 6.59. The lowest BCUT2D eigenvalue weighted by molar-refractivity contribution is 0.0527. The quantitative estimate of drug-likeness (QED) is 0.533. The normalized spacial score (nSPS) is 10.4. The van der Waals surface area contributed by atoms with Crippen molar-refractivity contribution in [1.29, 1.82) is 0 Å². The van der Waals surface area contributed by atoms with Crippen molar-refractivity contribution in [2.24, 2.45) is 0 Å². The van der Waals surface area contributed by atoms with Crippen LogP contribution in [0.1, 0.15) is 22.8 Å². The van der Waals surface area contributed by atoms with E-state index in [0.29, 0.717) is 22.3 Å². The monoisotopic (exact) mass is 432 g/mol. The summed E-state index contributed by atoms with van der Waals surface area (Å²) in [4.78, 5) is 24.8. The second-order valence-electron chi connectivity index (χ2n) is 5.98. The molecule has 150 valence electrons. The highest BCUT2D eigenvalue weighted by Crippen LogP contribution is 2.25. The number of urea groups is 1. The molecule has 1 aromatic heterocycles. The third-order valence-electron chi connectivity index (χ3n) is 3.92. The van der Waals surface area contributed by atoms with Crippen molar-refractivity contribution in [2.45, 2.75) is 13.5 Å². The molecule has 0 unspecified atom stereocenters. The molecular formula is C20H18Cl2N4O3. The molecule has 0 spiro atoms. The van der Waals surface area contributed by atoms with Crippen molar-refractivity contribution < 1.29 is 14.3 Å². The molecule has 0 atom stereocenters. The lowest BCUT2D eigenvalue weighted by atomic mass is 10.2. The van der Waals surface area contributed by atoms with Gasteiger partial charge in [0.2, 0.25) is 0 Å². The standard InChI is InChI=1S/C20H18Cl2N4O3/c1-2-29-19(27)15-11-23-26(12-13-6-4-3-5-7-13)18(15)25-20(28)24-14-8-9-16(21)17(22)10-14/h3-11H,2,12H2,1H3,(H2,24,25,28). The minimum absolute atomic E-state index is 0.159. The van der Waals surface area contributed by atoms with Crippen LogP contribution < -0.4 is 10.6 Å². The molecule has 3 aromatic rings. The van der Waals surface area contributed by atoms with Crippen LogP contribution in [-0.2, 0) is 11.3 Å². The average Bonchev–Trinajstić information content (AvgIpc) is 3.08. The third kappa shape index (κ3) is 5.28. The van der Waals surface area contributed by atoms with Gasteiger partial charge in [0.15, 0.2) is 0 Å². The zero-order chi connectivity index (χ0) is 20.8. The first-order valence-corrected chi connectivity index (χ1v) is 9.53. The first-order chi connectivity index (χ1) is 14.0.